The van der Waals surface area contributed by atoms with Gasteiger partial charge in [0.15, 0.2) is 9.84 Å². The van der Waals surface area contributed by atoms with Crippen LogP contribution in [0.3, 0.4) is 0 Å². The molecule has 1 aromatic carbocycles. The number of benzene rings is 1. The van der Waals surface area contributed by atoms with Gasteiger partial charge in [0.05, 0.1) is 29.2 Å². The van der Waals surface area contributed by atoms with Crippen molar-refractivity contribution in [2.24, 2.45) is 5.92 Å². The summed E-state index contributed by atoms with van der Waals surface area (Å²) < 4.78 is 53.6. The van der Waals surface area contributed by atoms with Crippen LogP contribution >= 0.6 is 0 Å². The van der Waals surface area contributed by atoms with E-state index in [1.165, 1.54) is 39.4 Å². The summed E-state index contributed by atoms with van der Waals surface area (Å²) in [5.41, 5.74) is 0.233. The monoisotopic (exact) mass is 390 g/mol. The maximum Gasteiger partial charge on any atom is 0.242 e. The standard InChI is InChI=1S/C15H22N2O6S2/c1-17(2)25(21,22)12-4-5-14(23-3)13(9-12)16-15(18)8-11-6-7-24(19,20)10-11/h4-5,9,11H,6-8,10H2,1-3H3,(H,16,18)/t11-/m1/s1. The van der Waals surface area contributed by atoms with E-state index in [9.17, 15) is 21.6 Å². The third-order valence-electron chi connectivity index (χ3n) is 4.02. The highest BCUT2D eigenvalue weighted by atomic mass is 32.2. The first-order chi connectivity index (χ1) is 11.5. The molecule has 25 heavy (non-hydrogen) atoms. The lowest BCUT2D eigenvalue weighted by molar-refractivity contribution is -0.116. The second kappa shape index (κ2) is 7.30. The van der Waals surface area contributed by atoms with Crippen LogP contribution in [0.1, 0.15) is 12.8 Å². The van der Waals surface area contributed by atoms with Gasteiger partial charge >= 0.3 is 0 Å². The number of nitrogens with zero attached hydrogens (tertiary/aromatic N) is 1. The van der Waals surface area contributed by atoms with Crippen LogP contribution in [-0.2, 0) is 24.7 Å². The number of nitrogens with one attached hydrogen (secondary N) is 1. The second-order valence-electron chi connectivity index (χ2n) is 6.17. The maximum atomic E-state index is 12.2. The molecule has 0 unspecified atom stereocenters. The highest BCUT2D eigenvalue weighted by molar-refractivity contribution is 7.91. The molecule has 8 nitrogen and oxygen atoms in total. The SMILES string of the molecule is COc1ccc(S(=O)(=O)N(C)C)cc1NC(=O)C[C@H]1CCS(=O)(=O)C1. The minimum absolute atomic E-state index is 0.00655. The molecule has 0 bridgehead atoms. The molecule has 0 saturated carbocycles. The first-order valence-corrected chi connectivity index (χ1v) is 10.9. The summed E-state index contributed by atoms with van der Waals surface area (Å²) in [6.07, 6.45) is 0.523. The van der Waals surface area contributed by atoms with Crippen molar-refractivity contribution in [1.29, 1.82) is 0 Å². The number of hydrogen-bond donors (Lipinski definition) is 1. The zero-order chi connectivity index (χ0) is 18.8. The zero-order valence-electron chi connectivity index (χ0n) is 14.4. The Labute approximate surface area is 148 Å². The summed E-state index contributed by atoms with van der Waals surface area (Å²) in [5, 5.41) is 2.63. The average Bonchev–Trinajstić information content (AvgIpc) is 2.85. The van der Waals surface area contributed by atoms with Crippen molar-refractivity contribution >= 4 is 31.5 Å². The Balaban J connectivity index is 2.19. The van der Waals surface area contributed by atoms with Crippen molar-refractivity contribution in [3.05, 3.63) is 18.2 Å². The Kier molecular flexibility index (Phi) is 5.75. The molecule has 1 fully saturated rings. The van der Waals surface area contributed by atoms with Crippen molar-refractivity contribution in [3.8, 4) is 5.75 Å². The molecule has 0 aromatic heterocycles. The molecule has 1 aliphatic heterocycles. The minimum atomic E-state index is -3.65. The Morgan fingerprint density at radius 3 is 2.56 bits per heavy atom. The lowest BCUT2D eigenvalue weighted by Crippen LogP contribution is -2.23. The van der Waals surface area contributed by atoms with Gasteiger partial charge < -0.3 is 10.1 Å². The maximum absolute atomic E-state index is 12.2. The van der Waals surface area contributed by atoms with Gasteiger partial charge in [0.25, 0.3) is 0 Å². The molecule has 10 heteroatoms. The van der Waals surface area contributed by atoms with Crippen molar-refractivity contribution < 1.29 is 26.4 Å². The second-order valence-corrected chi connectivity index (χ2v) is 10.6. The largest absolute Gasteiger partial charge is 0.495 e. The number of amides is 1. The molecule has 1 saturated heterocycles. The van der Waals surface area contributed by atoms with Gasteiger partial charge in [0.1, 0.15) is 5.75 Å². The summed E-state index contributed by atoms with van der Waals surface area (Å²) >= 11 is 0. The molecule has 1 aromatic rings. The Bertz CT molecular complexity index is 862. The summed E-state index contributed by atoms with van der Waals surface area (Å²) in [6.45, 7) is 0. The predicted octanol–water partition coefficient (Wildman–Crippen LogP) is 0.709. The van der Waals surface area contributed by atoms with Crippen LogP contribution in [0.5, 0.6) is 5.75 Å². The van der Waals surface area contributed by atoms with E-state index in [1.807, 2.05) is 0 Å². The lowest BCUT2D eigenvalue weighted by atomic mass is 10.0. The fraction of sp³-hybridized carbons (Fsp3) is 0.533. The van der Waals surface area contributed by atoms with Crippen LogP contribution in [0.25, 0.3) is 0 Å². The Hall–Kier alpha value is -1.65. The first-order valence-electron chi connectivity index (χ1n) is 7.66. The van der Waals surface area contributed by atoms with Crippen LogP contribution in [0, 0.1) is 5.92 Å². The van der Waals surface area contributed by atoms with Gasteiger partial charge in [-0.25, -0.2) is 21.1 Å². The molecule has 1 amide bonds. The van der Waals surface area contributed by atoms with Gasteiger partial charge in [-0.15, -0.1) is 0 Å². The van der Waals surface area contributed by atoms with E-state index >= 15 is 0 Å². The van der Waals surface area contributed by atoms with Gasteiger partial charge in [-0.3, -0.25) is 4.79 Å². The molecule has 1 N–H and O–H groups in total. The third-order valence-corrected chi connectivity index (χ3v) is 7.67. The molecule has 1 heterocycles. The average molecular weight is 390 g/mol. The van der Waals surface area contributed by atoms with Crippen molar-refractivity contribution in [3.63, 3.8) is 0 Å². The number of methoxy groups -OCH3 is 1. The topological polar surface area (TPSA) is 110 Å². The van der Waals surface area contributed by atoms with E-state index in [4.69, 9.17) is 4.74 Å². The highest BCUT2D eigenvalue weighted by Gasteiger charge is 2.29. The number of carbonyl (C=O) groups excluding carboxylic acids is 1. The smallest absolute Gasteiger partial charge is 0.242 e. The van der Waals surface area contributed by atoms with Crippen molar-refractivity contribution in [2.45, 2.75) is 17.7 Å². The van der Waals surface area contributed by atoms with Crippen LogP contribution in [0.15, 0.2) is 23.1 Å². The molecule has 0 spiro atoms. The summed E-state index contributed by atoms with van der Waals surface area (Å²) in [6, 6.07) is 4.19. The Morgan fingerprint density at radius 2 is 2.04 bits per heavy atom. The highest BCUT2D eigenvalue weighted by Crippen LogP contribution is 2.29. The van der Waals surface area contributed by atoms with Crippen LogP contribution in [0.4, 0.5) is 5.69 Å². The number of ether oxygens (including phenoxy) is 1. The fourth-order valence-corrected chi connectivity index (χ4v) is 5.44. The normalized spacial score (nSPS) is 19.8. The van der Waals surface area contributed by atoms with Crippen molar-refractivity contribution in [2.75, 3.05) is 38.0 Å². The molecular formula is C15H22N2O6S2. The molecule has 0 radical (unpaired) electrons. The van der Waals surface area contributed by atoms with Crippen molar-refractivity contribution in [1.82, 2.24) is 4.31 Å². The van der Waals surface area contributed by atoms with Gasteiger partial charge in [-0.2, -0.15) is 0 Å². The summed E-state index contributed by atoms with van der Waals surface area (Å²) in [5.74, 6) is -0.160. The number of sulfone groups is 1. The number of anilines is 1. The molecule has 140 valence electrons. The zero-order valence-corrected chi connectivity index (χ0v) is 16.0. The van der Waals surface area contributed by atoms with E-state index in [0.717, 1.165) is 4.31 Å². The molecule has 2 rings (SSSR count). The quantitative estimate of drug-likeness (QED) is 0.766. The van der Waals surface area contributed by atoms with Gasteiger partial charge in [0.2, 0.25) is 15.9 Å². The van der Waals surface area contributed by atoms with Gasteiger partial charge in [0, 0.05) is 20.5 Å². The van der Waals surface area contributed by atoms with Gasteiger partial charge in [-0.05, 0) is 30.5 Å². The van der Waals surface area contributed by atoms with E-state index in [-0.39, 0.29) is 40.3 Å². The van der Waals surface area contributed by atoms with E-state index < -0.39 is 19.9 Å². The Morgan fingerprint density at radius 1 is 1.36 bits per heavy atom. The fourth-order valence-electron chi connectivity index (χ4n) is 2.65. The number of carbonyl (C=O) groups is 1. The third kappa shape index (κ3) is 4.71. The molecular weight excluding hydrogens is 368 g/mol. The van der Waals surface area contributed by atoms with Gasteiger partial charge in [-0.1, -0.05) is 0 Å². The lowest BCUT2D eigenvalue weighted by Gasteiger charge is -2.15. The number of rotatable bonds is 6. The number of sulfonamides is 1. The number of hydrogen-bond acceptors (Lipinski definition) is 6. The summed E-state index contributed by atoms with van der Waals surface area (Å²) in [7, 11) is -2.46. The molecule has 0 aliphatic carbocycles. The predicted molar refractivity (Wildman–Crippen MR) is 93.9 cm³/mol. The van der Waals surface area contributed by atoms with E-state index in [0.29, 0.717) is 12.2 Å². The van der Waals surface area contributed by atoms with E-state index in [1.54, 1.807) is 0 Å². The molecule has 1 aliphatic rings. The van der Waals surface area contributed by atoms with E-state index in [2.05, 4.69) is 5.32 Å². The molecule has 1 atom stereocenters. The summed E-state index contributed by atoms with van der Waals surface area (Å²) in [4.78, 5) is 12.2. The van der Waals surface area contributed by atoms with Crippen LogP contribution in [0.2, 0.25) is 0 Å². The van der Waals surface area contributed by atoms with Crippen LogP contribution in [-0.4, -0.2) is 59.8 Å². The van der Waals surface area contributed by atoms with Crippen LogP contribution < -0.4 is 10.1 Å². The first kappa shape index (κ1) is 19.7. The minimum Gasteiger partial charge on any atom is -0.495 e.